The van der Waals surface area contributed by atoms with Gasteiger partial charge < -0.3 is 5.32 Å². The van der Waals surface area contributed by atoms with Gasteiger partial charge >= 0.3 is 0 Å². The fraction of sp³-hybridized carbons (Fsp3) is 0.188. The molecule has 0 bridgehead atoms. The van der Waals surface area contributed by atoms with Crippen molar-refractivity contribution in [3.05, 3.63) is 58.1 Å². The summed E-state index contributed by atoms with van der Waals surface area (Å²) in [6, 6.07) is 12.9. The van der Waals surface area contributed by atoms with Crippen molar-refractivity contribution in [2.24, 2.45) is 0 Å². The molecule has 0 saturated carbocycles. The molecular formula is C16H15Cl2NOS. The number of aryl methyl sites for hydroxylation is 1. The molecule has 0 fully saturated rings. The minimum atomic E-state index is -0.277. The minimum Gasteiger partial charge on any atom is -0.325 e. The number of amides is 1. The molecule has 1 amide bonds. The molecule has 1 atom stereocenters. The summed E-state index contributed by atoms with van der Waals surface area (Å²) in [6.07, 6.45) is 0. The lowest BCUT2D eigenvalue weighted by atomic mass is 10.2. The van der Waals surface area contributed by atoms with E-state index in [1.165, 1.54) is 11.8 Å². The van der Waals surface area contributed by atoms with Crippen molar-refractivity contribution in [2.45, 2.75) is 24.0 Å². The van der Waals surface area contributed by atoms with Crippen molar-refractivity contribution < 1.29 is 4.79 Å². The van der Waals surface area contributed by atoms with E-state index >= 15 is 0 Å². The van der Waals surface area contributed by atoms with Crippen molar-refractivity contribution in [1.82, 2.24) is 0 Å². The molecule has 1 unspecified atom stereocenters. The van der Waals surface area contributed by atoms with Gasteiger partial charge in [0.25, 0.3) is 0 Å². The zero-order chi connectivity index (χ0) is 15.4. The number of para-hydroxylation sites is 1. The zero-order valence-corrected chi connectivity index (χ0v) is 14.0. The monoisotopic (exact) mass is 339 g/mol. The smallest absolute Gasteiger partial charge is 0.237 e. The van der Waals surface area contributed by atoms with Crippen LogP contribution in [0.2, 0.25) is 10.0 Å². The topological polar surface area (TPSA) is 29.1 Å². The molecule has 0 saturated heterocycles. The molecule has 2 aromatic carbocycles. The maximum Gasteiger partial charge on any atom is 0.237 e. The van der Waals surface area contributed by atoms with E-state index in [1.54, 1.807) is 18.2 Å². The molecule has 2 aromatic rings. The zero-order valence-electron chi connectivity index (χ0n) is 11.7. The standard InChI is InChI=1S/C16H15Cl2NOS/c1-10-5-3-4-6-14(10)19-16(20)11(2)21-15-9-12(17)7-8-13(15)18/h3-9,11H,1-2H3,(H,19,20). The summed E-state index contributed by atoms with van der Waals surface area (Å²) in [4.78, 5) is 13.1. The Balaban J connectivity index is 2.06. The minimum absolute atomic E-state index is 0.0645. The summed E-state index contributed by atoms with van der Waals surface area (Å²) in [5, 5.41) is 3.85. The molecule has 1 N–H and O–H groups in total. The Morgan fingerprint density at radius 1 is 1.19 bits per heavy atom. The summed E-state index contributed by atoms with van der Waals surface area (Å²) >= 11 is 13.5. The summed E-state index contributed by atoms with van der Waals surface area (Å²) in [7, 11) is 0. The van der Waals surface area contributed by atoms with E-state index < -0.39 is 0 Å². The van der Waals surface area contributed by atoms with Crippen LogP contribution >= 0.6 is 35.0 Å². The van der Waals surface area contributed by atoms with Gasteiger partial charge in [0, 0.05) is 15.6 Å². The van der Waals surface area contributed by atoms with Crippen molar-refractivity contribution in [1.29, 1.82) is 0 Å². The molecule has 0 aliphatic carbocycles. The van der Waals surface area contributed by atoms with Crippen LogP contribution in [0, 0.1) is 6.92 Å². The molecule has 110 valence electrons. The highest BCUT2D eigenvalue weighted by molar-refractivity contribution is 8.00. The second-order valence-electron chi connectivity index (χ2n) is 4.64. The van der Waals surface area contributed by atoms with Crippen molar-refractivity contribution >= 4 is 46.6 Å². The third-order valence-electron chi connectivity index (χ3n) is 2.97. The Kier molecular flexibility index (Phi) is 5.57. The average Bonchev–Trinajstić information content (AvgIpc) is 2.45. The molecule has 2 rings (SSSR count). The van der Waals surface area contributed by atoms with E-state index in [9.17, 15) is 4.79 Å². The lowest BCUT2D eigenvalue weighted by molar-refractivity contribution is -0.115. The van der Waals surface area contributed by atoms with Gasteiger partial charge in [-0.1, -0.05) is 41.4 Å². The van der Waals surface area contributed by atoms with Gasteiger partial charge in [-0.05, 0) is 43.7 Å². The maximum absolute atomic E-state index is 12.3. The maximum atomic E-state index is 12.3. The Morgan fingerprint density at radius 3 is 2.62 bits per heavy atom. The first-order chi connectivity index (χ1) is 9.97. The van der Waals surface area contributed by atoms with Crippen LogP contribution < -0.4 is 5.32 Å². The largest absolute Gasteiger partial charge is 0.325 e. The van der Waals surface area contributed by atoms with Crippen LogP contribution in [0.1, 0.15) is 12.5 Å². The first-order valence-electron chi connectivity index (χ1n) is 6.45. The number of benzene rings is 2. The molecule has 0 radical (unpaired) electrons. The van der Waals surface area contributed by atoms with E-state index in [0.717, 1.165) is 16.1 Å². The molecule has 21 heavy (non-hydrogen) atoms. The first-order valence-corrected chi connectivity index (χ1v) is 8.09. The molecule has 2 nitrogen and oxygen atoms in total. The number of hydrogen-bond donors (Lipinski definition) is 1. The average molecular weight is 340 g/mol. The van der Waals surface area contributed by atoms with Crippen LogP contribution in [0.5, 0.6) is 0 Å². The van der Waals surface area contributed by atoms with Gasteiger partial charge in [0.2, 0.25) is 5.91 Å². The third kappa shape index (κ3) is 4.40. The van der Waals surface area contributed by atoms with Gasteiger partial charge in [0.05, 0.1) is 10.3 Å². The second-order valence-corrected chi connectivity index (χ2v) is 6.87. The van der Waals surface area contributed by atoms with Crippen LogP contribution in [0.3, 0.4) is 0 Å². The number of carbonyl (C=O) groups excluding carboxylic acids is 1. The van der Waals surface area contributed by atoms with Crippen molar-refractivity contribution in [2.75, 3.05) is 5.32 Å². The Morgan fingerprint density at radius 2 is 1.90 bits per heavy atom. The Labute approximate surface area is 138 Å². The van der Waals surface area contributed by atoms with Gasteiger partial charge in [0.15, 0.2) is 0 Å². The fourth-order valence-corrected chi connectivity index (χ4v) is 3.17. The van der Waals surface area contributed by atoms with Crippen LogP contribution in [-0.2, 0) is 4.79 Å². The van der Waals surface area contributed by atoms with Crippen molar-refractivity contribution in [3.8, 4) is 0 Å². The van der Waals surface area contributed by atoms with E-state index in [2.05, 4.69) is 5.32 Å². The third-order valence-corrected chi connectivity index (χ3v) is 4.81. The predicted octanol–water partition coefficient (Wildman–Crippen LogP) is 5.42. The summed E-state index contributed by atoms with van der Waals surface area (Å²) in [6.45, 7) is 3.80. The number of anilines is 1. The van der Waals surface area contributed by atoms with Gasteiger partial charge in [-0.3, -0.25) is 4.79 Å². The fourth-order valence-electron chi connectivity index (χ4n) is 1.76. The Bertz CT molecular complexity index is 660. The molecule has 0 aliphatic rings. The normalized spacial score (nSPS) is 12.0. The molecule has 0 spiro atoms. The quantitative estimate of drug-likeness (QED) is 0.753. The van der Waals surface area contributed by atoms with E-state index in [-0.39, 0.29) is 11.2 Å². The number of nitrogens with one attached hydrogen (secondary N) is 1. The van der Waals surface area contributed by atoms with Crippen LogP contribution in [0.15, 0.2) is 47.4 Å². The van der Waals surface area contributed by atoms with Crippen LogP contribution in [0.25, 0.3) is 0 Å². The molecule has 5 heteroatoms. The highest BCUT2D eigenvalue weighted by atomic mass is 35.5. The number of thioether (sulfide) groups is 1. The highest BCUT2D eigenvalue weighted by Crippen LogP contribution is 2.33. The van der Waals surface area contributed by atoms with E-state index in [1.807, 2.05) is 38.1 Å². The molecular weight excluding hydrogens is 325 g/mol. The second kappa shape index (κ2) is 7.21. The van der Waals surface area contributed by atoms with Gasteiger partial charge in [-0.25, -0.2) is 0 Å². The van der Waals surface area contributed by atoms with Gasteiger partial charge in [0.1, 0.15) is 0 Å². The van der Waals surface area contributed by atoms with E-state index in [0.29, 0.717) is 10.0 Å². The number of halogens is 2. The Hall–Kier alpha value is -1.16. The summed E-state index contributed by atoms with van der Waals surface area (Å²) in [5.74, 6) is -0.0645. The van der Waals surface area contributed by atoms with Crippen molar-refractivity contribution in [3.63, 3.8) is 0 Å². The van der Waals surface area contributed by atoms with Crippen LogP contribution in [-0.4, -0.2) is 11.2 Å². The van der Waals surface area contributed by atoms with Gasteiger partial charge in [-0.15, -0.1) is 11.8 Å². The lowest BCUT2D eigenvalue weighted by Crippen LogP contribution is -2.22. The summed E-state index contributed by atoms with van der Waals surface area (Å²) < 4.78 is 0. The first kappa shape index (κ1) is 16.2. The SMILES string of the molecule is Cc1ccccc1NC(=O)C(C)Sc1cc(Cl)ccc1Cl. The number of hydrogen-bond acceptors (Lipinski definition) is 2. The predicted molar refractivity (Wildman–Crippen MR) is 91.6 cm³/mol. The molecule has 0 aromatic heterocycles. The van der Waals surface area contributed by atoms with Crippen LogP contribution in [0.4, 0.5) is 5.69 Å². The number of rotatable bonds is 4. The van der Waals surface area contributed by atoms with Gasteiger partial charge in [-0.2, -0.15) is 0 Å². The van der Waals surface area contributed by atoms with E-state index in [4.69, 9.17) is 23.2 Å². The molecule has 0 heterocycles. The lowest BCUT2D eigenvalue weighted by Gasteiger charge is -2.14. The summed E-state index contributed by atoms with van der Waals surface area (Å²) in [5.41, 5.74) is 1.86. The number of carbonyl (C=O) groups is 1. The highest BCUT2D eigenvalue weighted by Gasteiger charge is 2.17. The molecule has 0 aliphatic heterocycles.